The van der Waals surface area contributed by atoms with E-state index in [4.69, 9.17) is 23.2 Å². The number of para-hydroxylation sites is 4. The molecule has 0 aliphatic rings. The molecule has 0 saturated heterocycles. The van der Waals surface area contributed by atoms with Crippen molar-refractivity contribution in [2.45, 2.75) is 0 Å². The maximum Gasteiger partial charge on any atom is 0.180 e. The first-order chi connectivity index (χ1) is 25.7. The van der Waals surface area contributed by atoms with E-state index in [1.165, 1.54) is 0 Å². The fourth-order valence-electron chi connectivity index (χ4n) is 8.02. The van der Waals surface area contributed by atoms with Gasteiger partial charge in [-0.25, -0.2) is 9.97 Å². The molecule has 0 aliphatic carbocycles. The van der Waals surface area contributed by atoms with Crippen LogP contribution >= 0.6 is 0 Å². The number of rotatable bonds is 3. The molecular weight excluding hydrogens is 643 g/mol. The minimum absolute atomic E-state index is 0.587. The van der Waals surface area contributed by atoms with Gasteiger partial charge in [0.25, 0.3) is 0 Å². The van der Waals surface area contributed by atoms with Gasteiger partial charge in [0, 0.05) is 60.6 Å². The summed E-state index contributed by atoms with van der Waals surface area (Å²) in [6.45, 7) is 0. The van der Waals surface area contributed by atoms with E-state index in [9.17, 15) is 0 Å². The normalized spacial score (nSPS) is 12.2. The molecule has 52 heavy (non-hydrogen) atoms. The van der Waals surface area contributed by atoms with E-state index < -0.39 is 0 Å². The van der Waals surface area contributed by atoms with Crippen LogP contribution in [-0.2, 0) is 0 Å². The molecule has 0 aliphatic heterocycles. The third kappa shape index (κ3) is 3.83. The molecule has 5 aromatic heterocycles. The molecule has 0 bridgehead atoms. The Balaban J connectivity index is 1.16. The van der Waals surface area contributed by atoms with E-state index in [2.05, 4.69) is 108 Å². The smallest absolute Gasteiger partial charge is 0.180 e. The molecule has 0 amide bonds. The molecule has 0 unspecified atom stereocenters. The Kier molecular flexibility index (Phi) is 5.41. The van der Waals surface area contributed by atoms with Gasteiger partial charge in [0.15, 0.2) is 11.4 Å². The van der Waals surface area contributed by atoms with Gasteiger partial charge in [-0.05, 0) is 60.7 Å². The second kappa shape index (κ2) is 10.2. The molecule has 12 aromatic rings. The zero-order valence-corrected chi connectivity index (χ0v) is 27.5. The standard InChI is InChI=1S/C46H25N3O3/c1-2-10-28(11-3-1)49-36-15-7-4-12-29(36)34-24-35-42(25-37(34)49)52-45-43(26-18-20-32-30-13-5-8-16-38(30)50-40(32)22-26)47-46(48-44(35)45)27-19-21-33-31-14-6-9-17-39(31)51-41(33)23-27/h1-25H. The summed E-state index contributed by atoms with van der Waals surface area (Å²) in [5.74, 6) is 0.587. The van der Waals surface area contributed by atoms with Crippen LogP contribution in [0.3, 0.4) is 0 Å². The Labute approximate surface area is 294 Å². The van der Waals surface area contributed by atoms with Crippen molar-refractivity contribution in [1.82, 2.24) is 14.5 Å². The van der Waals surface area contributed by atoms with Crippen molar-refractivity contribution in [3.8, 4) is 28.3 Å². The molecule has 7 aromatic carbocycles. The van der Waals surface area contributed by atoms with Gasteiger partial charge >= 0.3 is 0 Å². The van der Waals surface area contributed by atoms with E-state index in [0.717, 1.165) is 99.0 Å². The Hall–Kier alpha value is -7.18. The van der Waals surface area contributed by atoms with Gasteiger partial charge in [-0.1, -0.05) is 84.9 Å². The first kappa shape index (κ1) is 27.6. The highest BCUT2D eigenvalue weighted by atomic mass is 16.3. The summed E-state index contributed by atoms with van der Waals surface area (Å²) in [5.41, 5.74) is 11.1. The third-order valence-electron chi connectivity index (χ3n) is 10.4. The Bertz CT molecular complexity index is 3420. The zero-order chi connectivity index (χ0) is 33.9. The number of aromatic nitrogens is 3. The second-order valence-corrected chi connectivity index (χ2v) is 13.3. The molecule has 5 heterocycles. The summed E-state index contributed by atoms with van der Waals surface area (Å²) in [4.78, 5) is 10.5. The van der Waals surface area contributed by atoms with Crippen LogP contribution in [0, 0.1) is 0 Å². The van der Waals surface area contributed by atoms with E-state index in [1.807, 2.05) is 48.5 Å². The fraction of sp³-hybridized carbons (Fsp3) is 0. The molecule has 12 rings (SSSR count). The molecule has 6 heteroatoms. The van der Waals surface area contributed by atoms with E-state index in [0.29, 0.717) is 17.1 Å². The van der Waals surface area contributed by atoms with Crippen LogP contribution < -0.4 is 0 Å². The minimum atomic E-state index is 0.587. The summed E-state index contributed by atoms with van der Waals surface area (Å²) in [7, 11) is 0. The van der Waals surface area contributed by atoms with Gasteiger partial charge in [-0.2, -0.15) is 0 Å². The van der Waals surface area contributed by atoms with Crippen molar-refractivity contribution in [2.24, 2.45) is 0 Å². The average Bonchev–Trinajstić information content (AvgIpc) is 3.95. The van der Waals surface area contributed by atoms with Gasteiger partial charge in [0.05, 0.1) is 11.0 Å². The van der Waals surface area contributed by atoms with Crippen molar-refractivity contribution >= 4 is 87.8 Å². The van der Waals surface area contributed by atoms with Crippen LogP contribution in [-0.4, -0.2) is 14.5 Å². The molecule has 0 saturated carbocycles. The highest BCUT2D eigenvalue weighted by molar-refractivity contribution is 6.18. The van der Waals surface area contributed by atoms with Crippen molar-refractivity contribution in [2.75, 3.05) is 0 Å². The first-order valence-corrected chi connectivity index (χ1v) is 17.3. The summed E-state index contributed by atoms with van der Waals surface area (Å²) >= 11 is 0. The first-order valence-electron chi connectivity index (χ1n) is 17.3. The lowest BCUT2D eigenvalue weighted by Gasteiger charge is -2.07. The monoisotopic (exact) mass is 667 g/mol. The lowest BCUT2D eigenvalue weighted by Crippen LogP contribution is -1.94. The number of fused-ring (bicyclic) bond motifs is 12. The van der Waals surface area contributed by atoms with Crippen molar-refractivity contribution < 1.29 is 13.3 Å². The number of furan rings is 3. The van der Waals surface area contributed by atoms with Crippen molar-refractivity contribution in [3.05, 3.63) is 152 Å². The second-order valence-electron chi connectivity index (χ2n) is 13.3. The lowest BCUT2D eigenvalue weighted by molar-refractivity contribution is 0.666. The highest BCUT2D eigenvalue weighted by Gasteiger charge is 2.22. The number of nitrogens with zero attached hydrogens (tertiary/aromatic N) is 3. The highest BCUT2D eigenvalue weighted by Crippen LogP contribution is 2.42. The van der Waals surface area contributed by atoms with Crippen LogP contribution in [0.4, 0.5) is 0 Å². The summed E-state index contributed by atoms with van der Waals surface area (Å²) in [6.07, 6.45) is 0. The maximum absolute atomic E-state index is 6.82. The molecule has 0 spiro atoms. The van der Waals surface area contributed by atoms with Gasteiger partial charge in [-0.3, -0.25) is 0 Å². The van der Waals surface area contributed by atoms with Gasteiger partial charge in [-0.15, -0.1) is 0 Å². The van der Waals surface area contributed by atoms with Gasteiger partial charge < -0.3 is 17.8 Å². The van der Waals surface area contributed by atoms with Crippen LogP contribution in [0.15, 0.2) is 165 Å². The predicted octanol–water partition coefficient (Wildman–Crippen LogP) is 12.6. The molecule has 0 atom stereocenters. The topological polar surface area (TPSA) is 70.1 Å². The summed E-state index contributed by atoms with van der Waals surface area (Å²) in [5, 5.41) is 7.50. The summed E-state index contributed by atoms with van der Waals surface area (Å²) in [6, 6.07) is 52.1. The van der Waals surface area contributed by atoms with Crippen LogP contribution in [0.2, 0.25) is 0 Å². The van der Waals surface area contributed by atoms with Crippen LogP contribution in [0.25, 0.3) is 116 Å². The number of hydrogen-bond donors (Lipinski definition) is 0. The molecule has 0 radical (unpaired) electrons. The van der Waals surface area contributed by atoms with Crippen LogP contribution in [0.1, 0.15) is 0 Å². The minimum Gasteiger partial charge on any atom is -0.456 e. The average molecular weight is 668 g/mol. The quantitative estimate of drug-likeness (QED) is 0.188. The zero-order valence-electron chi connectivity index (χ0n) is 27.5. The Morgan fingerprint density at radius 3 is 1.73 bits per heavy atom. The molecule has 6 nitrogen and oxygen atoms in total. The fourth-order valence-corrected chi connectivity index (χ4v) is 8.02. The van der Waals surface area contributed by atoms with E-state index in [-0.39, 0.29) is 0 Å². The van der Waals surface area contributed by atoms with E-state index >= 15 is 0 Å². The van der Waals surface area contributed by atoms with Gasteiger partial charge in [0.1, 0.15) is 39.1 Å². The van der Waals surface area contributed by atoms with Crippen molar-refractivity contribution in [3.63, 3.8) is 0 Å². The van der Waals surface area contributed by atoms with Crippen molar-refractivity contribution in [1.29, 1.82) is 0 Å². The Morgan fingerprint density at radius 1 is 0.385 bits per heavy atom. The molecular formula is C46H25N3O3. The third-order valence-corrected chi connectivity index (χ3v) is 10.4. The largest absolute Gasteiger partial charge is 0.456 e. The SMILES string of the molecule is c1ccc(-n2c3ccccc3c3cc4c(cc32)oc2c(-c3ccc5c(c3)oc3ccccc35)nc(-c3ccc5c(c3)oc3ccccc35)nc24)cc1. The van der Waals surface area contributed by atoms with Crippen LogP contribution in [0.5, 0.6) is 0 Å². The van der Waals surface area contributed by atoms with Gasteiger partial charge in [0.2, 0.25) is 0 Å². The number of hydrogen-bond acceptors (Lipinski definition) is 5. The lowest BCUT2D eigenvalue weighted by atomic mass is 10.1. The molecule has 0 fully saturated rings. The van der Waals surface area contributed by atoms with E-state index in [1.54, 1.807) is 0 Å². The Morgan fingerprint density at radius 2 is 0.981 bits per heavy atom. The maximum atomic E-state index is 6.82. The molecule has 242 valence electrons. The predicted molar refractivity (Wildman–Crippen MR) is 209 cm³/mol. The summed E-state index contributed by atoms with van der Waals surface area (Å²) < 4.78 is 21.7. The number of benzene rings is 7. The molecule has 0 N–H and O–H groups in total.